The van der Waals surface area contributed by atoms with E-state index in [2.05, 4.69) is 11.6 Å². The Hall–Kier alpha value is 0.150. The summed E-state index contributed by atoms with van der Waals surface area (Å²) in [7, 11) is 0. The molecule has 0 aliphatic rings. The fourth-order valence-corrected chi connectivity index (χ4v) is 0. The van der Waals surface area contributed by atoms with Crippen LogP contribution in [-0.4, -0.2) is 12.3 Å². The molecule has 0 aliphatic carbocycles. The van der Waals surface area contributed by atoms with Gasteiger partial charge in [-0.1, -0.05) is 11.6 Å². The van der Waals surface area contributed by atoms with Crippen molar-refractivity contribution in [2.45, 2.75) is 5.63 Å². The minimum atomic E-state index is -1.81. The number of rotatable bonds is 1. The molecule has 0 nitrogen and oxygen atoms in total. The van der Waals surface area contributed by atoms with Crippen LogP contribution in [-0.2, 0) is 0 Å². The first kappa shape index (κ1) is 5.15. The van der Waals surface area contributed by atoms with Crippen LogP contribution < -0.4 is 0 Å². The predicted molar refractivity (Wildman–Crippen MR) is 16.7 cm³/mol. The molecule has 3 heteroatoms. The molecule has 0 spiro atoms. The average Bonchev–Trinajstić information content (AvgIpc) is 1.38. The van der Waals surface area contributed by atoms with Crippen LogP contribution in [0.15, 0.2) is 0 Å². The second-order valence-electron chi connectivity index (χ2n) is 0.545. The highest BCUT2D eigenvalue weighted by Gasteiger charge is 1.92. The maximum absolute atomic E-state index is 10.8. The molecule has 0 N–H and O–H groups in total. The summed E-state index contributed by atoms with van der Waals surface area (Å²) in [6.07, 6.45) is 0. The van der Waals surface area contributed by atoms with E-state index in [-0.39, 0.29) is 0 Å². The van der Waals surface area contributed by atoms with Crippen molar-refractivity contribution in [2.24, 2.45) is 0 Å². The highest BCUT2D eigenvalue weighted by Crippen LogP contribution is 1.94. The zero-order valence-electron chi connectivity index (χ0n) is 2.42. The van der Waals surface area contributed by atoms with Gasteiger partial charge in [-0.05, 0) is 0 Å². The minimum absolute atomic E-state index is 1.10. The molecule has 0 aromatic heterocycles. The van der Waals surface area contributed by atoms with Gasteiger partial charge in [-0.15, -0.1) is 0 Å². The van der Waals surface area contributed by atoms with E-state index in [1.165, 1.54) is 0 Å². The van der Waals surface area contributed by atoms with E-state index in [0.717, 1.165) is 0 Å². The quantitative estimate of drug-likeness (QED) is 0.438. The molecule has 0 aromatic carbocycles. The van der Waals surface area contributed by atoms with Crippen LogP contribution in [0.4, 0.5) is 8.78 Å². The van der Waals surface area contributed by atoms with Crippen molar-refractivity contribution in [2.75, 3.05) is 6.67 Å². The largest absolute Gasteiger partial charge is 0.247 e. The molecule has 32 valence electrons. The molecular formula is C2H3ClF2. The second-order valence-corrected chi connectivity index (χ2v) is 1.02. The molecular weight excluding hydrogens is 97.5 g/mol. The van der Waals surface area contributed by atoms with Crippen LogP contribution in [0.2, 0.25) is 0 Å². The van der Waals surface area contributed by atoms with Gasteiger partial charge in [0.15, 0.2) is 0 Å². The van der Waals surface area contributed by atoms with Gasteiger partial charge in [-0.2, -0.15) is 0 Å². The van der Waals surface area contributed by atoms with Crippen molar-refractivity contribution in [1.82, 2.24) is 0 Å². The molecule has 5 heavy (non-hydrogen) atoms. The number of hydrogen-bond donors (Lipinski definition) is 0. The number of alkyl halides is 3. The minimum Gasteiger partial charge on any atom is -0.247 e. The highest BCUT2D eigenvalue weighted by atomic mass is 35.5. The molecule has 0 aliphatic heterocycles. The van der Waals surface area contributed by atoms with Crippen molar-refractivity contribution in [3.63, 3.8) is 0 Å². The van der Waals surface area contributed by atoms with Gasteiger partial charge < -0.3 is 0 Å². The van der Waals surface area contributed by atoms with Crippen LogP contribution in [0.3, 0.4) is 0 Å². The van der Waals surface area contributed by atoms with E-state index >= 15 is 0 Å². The second kappa shape index (κ2) is 2.39. The Bertz CT molecular complexity index is 21.6. The summed E-state index contributed by atoms with van der Waals surface area (Å²) in [5.41, 5.74) is -1.81. The molecule has 0 unspecified atom stereocenters. The van der Waals surface area contributed by atoms with Crippen molar-refractivity contribution >= 4 is 11.6 Å². The smallest absolute Gasteiger partial charge is 0.201 e. The first-order valence-corrected chi connectivity index (χ1v) is 1.55. The van der Waals surface area contributed by atoms with Crippen molar-refractivity contribution in [3.05, 3.63) is 0 Å². The summed E-state index contributed by atoms with van der Waals surface area (Å²) in [6, 6.07) is 0. The lowest BCUT2D eigenvalue weighted by Gasteiger charge is -1.80. The first-order chi connectivity index (χ1) is 2.27. The molecule has 0 aromatic rings. The Morgan fingerprint density at radius 3 is 2.00 bits per heavy atom. The molecule has 0 rings (SSSR count). The molecule has 0 saturated heterocycles. The van der Waals surface area contributed by atoms with E-state index in [0.29, 0.717) is 0 Å². The predicted octanol–water partition coefficient (Wildman–Crippen LogP) is 1.49. The van der Waals surface area contributed by atoms with Gasteiger partial charge in [-0.25, -0.2) is 8.78 Å². The lowest BCUT2D eigenvalue weighted by Crippen LogP contribution is -1.86. The van der Waals surface area contributed by atoms with Gasteiger partial charge in [0, 0.05) is 0 Å². The zero-order chi connectivity index (χ0) is 4.28. The topological polar surface area (TPSA) is 0 Å². The summed E-state index contributed by atoms with van der Waals surface area (Å²) in [6.45, 7) is -1.10. The Morgan fingerprint density at radius 1 is 1.80 bits per heavy atom. The Balaban J connectivity index is 2.54. The fourth-order valence-electron chi connectivity index (χ4n) is 0. The van der Waals surface area contributed by atoms with Gasteiger partial charge in [0.25, 0.3) is 0 Å². The average molecular weight is 100 g/mol. The van der Waals surface area contributed by atoms with E-state index in [4.69, 9.17) is 0 Å². The summed E-state index contributed by atoms with van der Waals surface area (Å²) < 4.78 is 21.4. The third-order valence-electron chi connectivity index (χ3n) is 0.117. The van der Waals surface area contributed by atoms with Crippen molar-refractivity contribution in [3.8, 4) is 0 Å². The van der Waals surface area contributed by atoms with Gasteiger partial charge in [0.2, 0.25) is 5.63 Å². The van der Waals surface area contributed by atoms with Gasteiger partial charge >= 0.3 is 0 Å². The normalized spacial score (nSPS) is 15.0. The van der Waals surface area contributed by atoms with Crippen molar-refractivity contribution < 1.29 is 8.78 Å². The summed E-state index contributed by atoms with van der Waals surface area (Å²) >= 11 is 4.42. The molecule has 0 fully saturated rings. The van der Waals surface area contributed by atoms with Gasteiger partial charge in [-0.3, -0.25) is 0 Å². The lowest BCUT2D eigenvalue weighted by molar-refractivity contribution is 0.342. The van der Waals surface area contributed by atoms with Crippen LogP contribution in [0, 0.1) is 0 Å². The van der Waals surface area contributed by atoms with E-state index < -0.39 is 12.3 Å². The lowest BCUT2D eigenvalue weighted by atomic mass is 10.9. The van der Waals surface area contributed by atoms with Crippen LogP contribution >= 0.6 is 11.6 Å². The summed E-state index contributed by atoms with van der Waals surface area (Å²) in [5.74, 6) is 0. The maximum Gasteiger partial charge on any atom is 0.201 e. The molecule has 0 heterocycles. The SMILES string of the molecule is FC[C@@H](F)Cl. The Kier molecular flexibility index (Phi) is 2.46. The standard InChI is InChI=1S/C2H3ClF2/c3-2(5)1-4/h2H,1H2/t2-/m1/s1. The number of halogens is 3. The molecule has 0 saturated carbocycles. The first-order valence-electron chi connectivity index (χ1n) is 1.11. The van der Waals surface area contributed by atoms with Gasteiger partial charge in [0.05, 0.1) is 0 Å². The van der Waals surface area contributed by atoms with E-state index in [9.17, 15) is 8.78 Å². The number of hydrogen-bond acceptors (Lipinski definition) is 0. The third kappa shape index (κ3) is 4.15. The Morgan fingerprint density at radius 2 is 2.00 bits per heavy atom. The molecule has 0 bridgehead atoms. The Labute approximate surface area is 33.7 Å². The highest BCUT2D eigenvalue weighted by molar-refractivity contribution is 6.19. The molecule has 0 amide bonds. The third-order valence-corrected chi connectivity index (χ3v) is 0.233. The zero-order valence-corrected chi connectivity index (χ0v) is 3.17. The van der Waals surface area contributed by atoms with Crippen LogP contribution in [0.25, 0.3) is 0 Å². The molecule has 0 radical (unpaired) electrons. The maximum atomic E-state index is 10.8. The monoisotopic (exact) mass is 100.0 g/mol. The van der Waals surface area contributed by atoms with E-state index in [1.54, 1.807) is 0 Å². The summed E-state index contributed by atoms with van der Waals surface area (Å²) in [4.78, 5) is 0. The van der Waals surface area contributed by atoms with Crippen molar-refractivity contribution in [1.29, 1.82) is 0 Å². The molecule has 1 atom stereocenters. The summed E-state index contributed by atoms with van der Waals surface area (Å²) in [5, 5.41) is 0. The fraction of sp³-hybridized carbons (Fsp3) is 1.00. The van der Waals surface area contributed by atoms with Crippen LogP contribution in [0.1, 0.15) is 0 Å². The van der Waals surface area contributed by atoms with E-state index in [1.807, 2.05) is 0 Å². The van der Waals surface area contributed by atoms with Crippen LogP contribution in [0.5, 0.6) is 0 Å². The van der Waals surface area contributed by atoms with Gasteiger partial charge in [0.1, 0.15) is 6.67 Å².